The van der Waals surface area contributed by atoms with Crippen LogP contribution in [0.25, 0.3) is 0 Å². The van der Waals surface area contributed by atoms with E-state index < -0.39 is 0 Å². The van der Waals surface area contributed by atoms with Crippen molar-refractivity contribution in [2.75, 3.05) is 0 Å². The molecule has 1 aliphatic carbocycles. The van der Waals surface area contributed by atoms with Crippen LogP contribution in [0.3, 0.4) is 0 Å². The Hall–Kier alpha value is -0.530. The molecular weight excluding hydrogens is 182 g/mol. The maximum absolute atomic E-state index is 6.04. The third-order valence-electron chi connectivity index (χ3n) is 2.55. The smallest absolute Gasteiger partial charge is 0.0411 e. The minimum atomic E-state index is 0.0805. The summed E-state index contributed by atoms with van der Waals surface area (Å²) in [5.41, 5.74) is 8.60. The van der Waals surface area contributed by atoms with Gasteiger partial charge in [0, 0.05) is 10.6 Å². The topological polar surface area (TPSA) is 26.0 Å². The molecule has 0 amide bonds. The molecule has 1 nitrogen and oxygen atoms in total. The molecule has 2 heteroatoms. The summed E-state index contributed by atoms with van der Waals surface area (Å²) in [7, 11) is 0. The highest BCUT2D eigenvalue weighted by atomic mass is 35.5. The molecule has 1 saturated carbocycles. The Morgan fingerprint density at radius 1 is 1.38 bits per heavy atom. The molecule has 0 spiro atoms. The average molecular weight is 196 g/mol. The molecule has 70 valence electrons. The zero-order valence-electron chi connectivity index (χ0n) is 7.81. The van der Waals surface area contributed by atoms with Gasteiger partial charge in [-0.2, -0.15) is 0 Å². The Morgan fingerprint density at radius 3 is 2.62 bits per heavy atom. The summed E-state index contributed by atoms with van der Waals surface area (Å²) in [6.45, 7) is 2.06. The van der Waals surface area contributed by atoms with Crippen LogP contribution in [0.15, 0.2) is 18.2 Å². The third kappa shape index (κ3) is 2.23. The molecule has 0 atom stereocenters. The molecule has 0 unspecified atom stereocenters. The molecule has 2 rings (SSSR count). The number of halogens is 1. The van der Waals surface area contributed by atoms with Gasteiger partial charge in [0.05, 0.1) is 0 Å². The van der Waals surface area contributed by atoms with E-state index in [9.17, 15) is 0 Å². The van der Waals surface area contributed by atoms with Crippen LogP contribution in [0.2, 0.25) is 5.02 Å². The number of nitrogens with two attached hydrogens (primary N) is 1. The summed E-state index contributed by atoms with van der Waals surface area (Å²) >= 11 is 5.96. The molecule has 0 aromatic heterocycles. The molecule has 0 saturated heterocycles. The lowest BCUT2D eigenvalue weighted by molar-refractivity contribution is 0.672. The first-order valence-corrected chi connectivity index (χ1v) is 5.00. The minimum absolute atomic E-state index is 0.0805. The second-order valence-electron chi connectivity index (χ2n) is 4.18. The van der Waals surface area contributed by atoms with Crippen molar-refractivity contribution in [2.24, 2.45) is 5.73 Å². The molecule has 0 heterocycles. The third-order valence-corrected chi connectivity index (χ3v) is 2.77. The van der Waals surface area contributed by atoms with Crippen LogP contribution in [0.5, 0.6) is 0 Å². The van der Waals surface area contributed by atoms with E-state index in [1.165, 1.54) is 11.1 Å². The van der Waals surface area contributed by atoms with E-state index in [1.807, 2.05) is 12.1 Å². The SMILES string of the molecule is Cc1cc(Cl)cc(CC2(N)CC2)c1. The maximum atomic E-state index is 6.04. The van der Waals surface area contributed by atoms with E-state index in [0.29, 0.717) is 0 Å². The summed E-state index contributed by atoms with van der Waals surface area (Å²) in [6.07, 6.45) is 3.27. The fourth-order valence-electron chi connectivity index (χ4n) is 1.66. The van der Waals surface area contributed by atoms with Crippen LogP contribution in [0, 0.1) is 6.92 Å². The predicted octanol–water partition coefficient (Wildman–Crippen LogP) is 2.68. The van der Waals surface area contributed by atoms with Crippen molar-refractivity contribution in [2.45, 2.75) is 31.7 Å². The molecule has 0 bridgehead atoms. The molecule has 0 radical (unpaired) electrons. The van der Waals surface area contributed by atoms with E-state index >= 15 is 0 Å². The fourth-order valence-corrected chi connectivity index (χ4v) is 1.97. The van der Waals surface area contributed by atoms with Crippen molar-refractivity contribution >= 4 is 11.6 Å². The summed E-state index contributed by atoms with van der Waals surface area (Å²) in [5, 5.41) is 0.819. The monoisotopic (exact) mass is 195 g/mol. The molecule has 0 aliphatic heterocycles. The lowest BCUT2D eigenvalue weighted by Gasteiger charge is -2.09. The minimum Gasteiger partial charge on any atom is -0.325 e. The number of aryl methyl sites for hydroxylation is 1. The highest BCUT2D eigenvalue weighted by Gasteiger charge is 2.37. The first-order valence-electron chi connectivity index (χ1n) is 4.62. The van der Waals surface area contributed by atoms with Crippen molar-refractivity contribution in [3.8, 4) is 0 Å². The Labute approximate surface area is 83.9 Å². The highest BCUT2D eigenvalue weighted by Crippen LogP contribution is 2.36. The number of hydrogen-bond acceptors (Lipinski definition) is 1. The molecule has 1 aliphatic rings. The zero-order chi connectivity index (χ0) is 9.47. The molecule has 1 aromatic rings. The summed E-state index contributed by atoms with van der Waals surface area (Å²) in [5.74, 6) is 0. The number of hydrogen-bond donors (Lipinski definition) is 1. The van der Waals surface area contributed by atoms with E-state index in [2.05, 4.69) is 13.0 Å². The van der Waals surface area contributed by atoms with Gasteiger partial charge in [0.25, 0.3) is 0 Å². The summed E-state index contributed by atoms with van der Waals surface area (Å²) in [6, 6.07) is 6.15. The summed E-state index contributed by atoms with van der Waals surface area (Å²) in [4.78, 5) is 0. The van der Waals surface area contributed by atoms with Gasteiger partial charge < -0.3 is 5.73 Å². The van der Waals surface area contributed by atoms with Crippen LogP contribution >= 0.6 is 11.6 Å². The normalized spacial score (nSPS) is 18.7. The van der Waals surface area contributed by atoms with Crippen molar-refractivity contribution < 1.29 is 0 Å². The van der Waals surface area contributed by atoms with Gasteiger partial charge in [0.15, 0.2) is 0 Å². The van der Waals surface area contributed by atoms with E-state index in [1.54, 1.807) is 0 Å². The Balaban J connectivity index is 2.20. The quantitative estimate of drug-likeness (QED) is 0.772. The summed E-state index contributed by atoms with van der Waals surface area (Å²) < 4.78 is 0. The second-order valence-corrected chi connectivity index (χ2v) is 4.61. The molecule has 1 fully saturated rings. The number of benzene rings is 1. The number of rotatable bonds is 2. The Morgan fingerprint density at radius 2 is 2.08 bits per heavy atom. The second kappa shape index (κ2) is 3.00. The van der Waals surface area contributed by atoms with Gasteiger partial charge >= 0.3 is 0 Å². The molecular formula is C11H14ClN. The molecule has 13 heavy (non-hydrogen) atoms. The van der Waals surface area contributed by atoms with E-state index in [4.69, 9.17) is 17.3 Å². The van der Waals surface area contributed by atoms with Crippen molar-refractivity contribution in [3.63, 3.8) is 0 Å². The van der Waals surface area contributed by atoms with Crippen molar-refractivity contribution in [1.29, 1.82) is 0 Å². The van der Waals surface area contributed by atoms with E-state index in [0.717, 1.165) is 24.3 Å². The van der Waals surface area contributed by atoms with Crippen LogP contribution in [-0.4, -0.2) is 5.54 Å². The van der Waals surface area contributed by atoms with Crippen LogP contribution in [-0.2, 0) is 6.42 Å². The molecule has 1 aromatic carbocycles. The van der Waals surface area contributed by atoms with Crippen LogP contribution in [0.4, 0.5) is 0 Å². The van der Waals surface area contributed by atoms with Crippen LogP contribution in [0.1, 0.15) is 24.0 Å². The van der Waals surface area contributed by atoms with Gasteiger partial charge in [-0.15, -0.1) is 0 Å². The first-order chi connectivity index (χ1) is 6.07. The highest BCUT2D eigenvalue weighted by molar-refractivity contribution is 6.30. The van der Waals surface area contributed by atoms with Gasteiger partial charge in [-0.05, 0) is 49.4 Å². The average Bonchev–Trinajstić information content (AvgIpc) is 2.64. The fraction of sp³-hybridized carbons (Fsp3) is 0.455. The largest absolute Gasteiger partial charge is 0.325 e. The predicted molar refractivity (Wildman–Crippen MR) is 56.0 cm³/mol. The molecule has 2 N–H and O–H groups in total. The van der Waals surface area contributed by atoms with Gasteiger partial charge in [-0.25, -0.2) is 0 Å². The Kier molecular flexibility index (Phi) is 2.09. The van der Waals surface area contributed by atoms with Gasteiger partial charge in [0.1, 0.15) is 0 Å². The van der Waals surface area contributed by atoms with Crippen molar-refractivity contribution in [1.82, 2.24) is 0 Å². The maximum Gasteiger partial charge on any atom is 0.0411 e. The van der Waals surface area contributed by atoms with E-state index in [-0.39, 0.29) is 5.54 Å². The lowest BCUT2D eigenvalue weighted by atomic mass is 10.0. The van der Waals surface area contributed by atoms with Crippen molar-refractivity contribution in [3.05, 3.63) is 34.3 Å². The van der Waals surface area contributed by atoms with Gasteiger partial charge in [-0.1, -0.05) is 17.7 Å². The Bertz CT molecular complexity index is 309. The lowest BCUT2D eigenvalue weighted by Crippen LogP contribution is -2.24. The van der Waals surface area contributed by atoms with Crippen LogP contribution < -0.4 is 5.73 Å². The zero-order valence-corrected chi connectivity index (χ0v) is 8.56. The van der Waals surface area contributed by atoms with Gasteiger partial charge in [0.2, 0.25) is 0 Å². The van der Waals surface area contributed by atoms with Gasteiger partial charge in [-0.3, -0.25) is 0 Å². The standard InChI is InChI=1S/C11H14ClN/c1-8-4-9(6-10(12)5-8)7-11(13)2-3-11/h4-6H,2-3,7,13H2,1H3. The first kappa shape index (κ1) is 9.04.